The standard InChI is InChI=1S/C26H23N5O7S2/c1-4-14-29(15-5-2)40(35,36)21-10-6-18(7-11-21)25(32)30(27-17-20-9-13-24(38-20)31(33)34)26-28-22-12-8-19(37-3)16-23(22)39-26/h4-13,16-17H,1-2,14-15H2,3H3/b27-17+. The van der Waals surface area contributed by atoms with Crippen LogP contribution in [0.3, 0.4) is 0 Å². The average molecular weight is 582 g/mol. The van der Waals surface area contributed by atoms with Gasteiger partial charge in [-0.3, -0.25) is 14.9 Å². The molecule has 0 unspecified atom stereocenters. The molecule has 2 aromatic carbocycles. The molecule has 0 N–H and O–H groups in total. The van der Waals surface area contributed by atoms with E-state index in [-0.39, 0.29) is 34.4 Å². The third-order valence-electron chi connectivity index (χ3n) is 5.46. The van der Waals surface area contributed by atoms with E-state index in [1.54, 1.807) is 18.2 Å². The number of carbonyl (C=O) groups is 1. The molecule has 0 radical (unpaired) electrons. The van der Waals surface area contributed by atoms with Gasteiger partial charge in [-0.1, -0.05) is 23.5 Å². The van der Waals surface area contributed by atoms with Gasteiger partial charge < -0.3 is 9.15 Å². The second kappa shape index (κ2) is 12.0. The molecule has 0 aliphatic carbocycles. The molecule has 0 saturated carbocycles. The largest absolute Gasteiger partial charge is 0.497 e. The number of thiazole rings is 1. The van der Waals surface area contributed by atoms with Crippen LogP contribution in [0.5, 0.6) is 5.75 Å². The number of anilines is 1. The van der Waals surface area contributed by atoms with Gasteiger partial charge in [-0.2, -0.15) is 14.4 Å². The van der Waals surface area contributed by atoms with Gasteiger partial charge in [-0.25, -0.2) is 13.4 Å². The van der Waals surface area contributed by atoms with Crippen molar-refractivity contribution < 1.29 is 27.3 Å². The highest BCUT2D eigenvalue weighted by molar-refractivity contribution is 7.89. The number of ether oxygens (including phenoxy) is 1. The van der Waals surface area contributed by atoms with Gasteiger partial charge in [-0.15, -0.1) is 13.2 Å². The lowest BCUT2D eigenvalue weighted by Crippen LogP contribution is -2.31. The van der Waals surface area contributed by atoms with Crippen LogP contribution in [-0.4, -0.2) is 55.0 Å². The number of furan rings is 1. The van der Waals surface area contributed by atoms with E-state index in [1.807, 2.05) is 0 Å². The normalized spacial score (nSPS) is 11.7. The summed E-state index contributed by atoms with van der Waals surface area (Å²) in [6, 6.07) is 13.1. The fraction of sp³-hybridized carbons (Fsp3) is 0.115. The minimum atomic E-state index is -3.87. The van der Waals surface area contributed by atoms with Crippen molar-refractivity contribution in [1.82, 2.24) is 9.29 Å². The molecule has 4 rings (SSSR count). The molecule has 1 amide bonds. The van der Waals surface area contributed by atoms with Crippen LogP contribution in [-0.2, 0) is 10.0 Å². The number of methoxy groups -OCH3 is 1. The quantitative estimate of drug-likeness (QED) is 0.0998. The molecule has 0 bridgehead atoms. The summed E-state index contributed by atoms with van der Waals surface area (Å²) in [5.74, 6) is -0.463. The number of rotatable bonds is 12. The van der Waals surface area contributed by atoms with Crippen molar-refractivity contribution in [2.45, 2.75) is 4.90 Å². The Labute approximate surface area is 233 Å². The molecule has 40 heavy (non-hydrogen) atoms. The van der Waals surface area contributed by atoms with Crippen LogP contribution in [0.4, 0.5) is 11.0 Å². The van der Waals surface area contributed by atoms with Crippen LogP contribution >= 0.6 is 11.3 Å². The summed E-state index contributed by atoms with van der Waals surface area (Å²) in [6.07, 6.45) is 4.09. The smallest absolute Gasteiger partial charge is 0.433 e. The van der Waals surface area contributed by atoms with Crippen LogP contribution < -0.4 is 9.75 Å². The fourth-order valence-corrected chi connectivity index (χ4v) is 5.86. The minimum absolute atomic E-state index is 0.0159. The molecular weight excluding hydrogens is 558 g/mol. The van der Waals surface area contributed by atoms with E-state index >= 15 is 0 Å². The van der Waals surface area contributed by atoms with Crippen LogP contribution in [0.25, 0.3) is 10.2 Å². The average Bonchev–Trinajstić information content (AvgIpc) is 3.60. The Bertz CT molecular complexity index is 1700. The number of nitrogens with zero attached hydrogens (tertiary/aromatic N) is 5. The zero-order valence-corrected chi connectivity index (χ0v) is 22.8. The molecule has 0 atom stereocenters. The highest BCUT2D eigenvalue weighted by Gasteiger charge is 2.25. The number of fused-ring (bicyclic) bond motifs is 1. The SMILES string of the molecule is C=CCN(CC=C)S(=O)(=O)c1ccc(C(=O)N(/N=C/c2ccc([N+](=O)[O-])o2)c2nc3ccc(OC)cc3s2)cc1. The van der Waals surface area contributed by atoms with E-state index in [4.69, 9.17) is 9.15 Å². The number of nitro groups is 1. The second-order valence-electron chi connectivity index (χ2n) is 8.05. The van der Waals surface area contributed by atoms with Crippen molar-refractivity contribution in [2.24, 2.45) is 5.10 Å². The number of hydrazone groups is 1. The van der Waals surface area contributed by atoms with E-state index < -0.39 is 26.7 Å². The monoisotopic (exact) mass is 581 g/mol. The van der Waals surface area contributed by atoms with E-state index in [0.29, 0.717) is 11.3 Å². The van der Waals surface area contributed by atoms with Gasteiger partial charge >= 0.3 is 5.88 Å². The summed E-state index contributed by atoms with van der Waals surface area (Å²) in [7, 11) is -2.34. The van der Waals surface area contributed by atoms with Crippen LogP contribution in [0.2, 0.25) is 0 Å². The highest BCUT2D eigenvalue weighted by atomic mass is 32.2. The van der Waals surface area contributed by atoms with Gasteiger partial charge in [0.05, 0.1) is 34.5 Å². The maximum atomic E-state index is 13.6. The summed E-state index contributed by atoms with van der Waals surface area (Å²) in [5, 5.41) is 16.4. The van der Waals surface area contributed by atoms with E-state index in [2.05, 4.69) is 23.2 Å². The number of benzene rings is 2. The molecule has 0 fully saturated rings. The molecule has 14 heteroatoms. The summed E-state index contributed by atoms with van der Waals surface area (Å²) < 4.78 is 38.4. The predicted molar refractivity (Wildman–Crippen MR) is 152 cm³/mol. The van der Waals surface area contributed by atoms with Crippen molar-refractivity contribution in [1.29, 1.82) is 0 Å². The number of amides is 1. The Morgan fingerprint density at radius 1 is 1.15 bits per heavy atom. The second-order valence-corrected chi connectivity index (χ2v) is 11.0. The van der Waals surface area contributed by atoms with Crippen molar-refractivity contribution in [3.05, 3.63) is 101 Å². The lowest BCUT2D eigenvalue weighted by atomic mass is 10.2. The highest BCUT2D eigenvalue weighted by Crippen LogP contribution is 2.32. The van der Waals surface area contributed by atoms with Crippen LogP contribution in [0, 0.1) is 10.1 Å². The van der Waals surface area contributed by atoms with Crippen molar-refractivity contribution in [2.75, 3.05) is 25.2 Å². The first-order valence-electron chi connectivity index (χ1n) is 11.6. The number of aromatic nitrogens is 1. The third-order valence-corrected chi connectivity index (χ3v) is 8.29. The summed E-state index contributed by atoms with van der Waals surface area (Å²) >= 11 is 1.17. The maximum absolute atomic E-state index is 13.6. The van der Waals surface area contributed by atoms with Crippen LogP contribution in [0.1, 0.15) is 16.1 Å². The van der Waals surface area contributed by atoms with Gasteiger partial charge in [0, 0.05) is 18.7 Å². The molecule has 206 valence electrons. The van der Waals surface area contributed by atoms with Crippen LogP contribution in [0.15, 0.2) is 94.3 Å². The topological polar surface area (TPSA) is 148 Å². The summed E-state index contributed by atoms with van der Waals surface area (Å²) in [4.78, 5) is 28.4. The minimum Gasteiger partial charge on any atom is -0.497 e. The lowest BCUT2D eigenvalue weighted by Gasteiger charge is -2.19. The molecular formula is C26H23N5O7S2. The van der Waals surface area contributed by atoms with Gasteiger partial charge in [-0.05, 0) is 48.5 Å². The molecule has 0 aliphatic heterocycles. The van der Waals surface area contributed by atoms with Gasteiger partial charge in [0.1, 0.15) is 10.7 Å². The zero-order chi connectivity index (χ0) is 28.9. The van der Waals surface area contributed by atoms with E-state index in [1.165, 1.54) is 71.3 Å². The Kier molecular flexibility index (Phi) is 8.52. The van der Waals surface area contributed by atoms with Crippen molar-refractivity contribution in [3.63, 3.8) is 0 Å². The zero-order valence-electron chi connectivity index (χ0n) is 21.2. The van der Waals surface area contributed by atoms with Crippen molar-refractivity contribution >= 4 is 54.7 Å². The first kappa shape index (κ1) is 28.4. The number of sulfonamides is 1. The van der Waals surface area contributed by atoms with Gasteiger partial charge in [0.15, 0.2) is 5.76 Å². The number of carbonyl (C=O) groups excluding carboxylic acids is 1. The Morgan fingerprint density at radius 2 is 1.85 bits per heavy atom. The Hall–Kier alpha value is -4.66. The molecule has 2 heterocycles. The van der Waals surface area contributed by atoms with Gasteiger partial charge in [0.2, 0.25) is 15.2 Å². The fourth-order valence-electron chi connectivity index (χ4n) is 3.52. The third kappa shape index (κ3) is 5.98. The Morgan fingerprint density at radius 3 is 2.45 bits per heavy atom. The molecule has 4 aromatic rings. The first-order chi connectivity index (χ1) is 19.2. The lowest BCUT2D eigenvalue weighted by molar-refractivity contribution is -0.402. The van der Waals surface area contributed by atoms with Crippen molar-refractivity contribution in [3.8, 4) is 5.75 Å². The molecule has 12 nitrogen and oxygen atoms in total. The summed E-state index contributed by atoms with van der Waals surface area (Å²) in [5.41, 5.74) is 0.714. The molecule has 0 spiro atoms. The van der Waals surface area contributed by atoms with E-state index in [0.717, 1.165) is 15.9 Å². The molecule has 0 aliphatic rings. The molecule has 0 saturated heterocycles. The molecule has 2 aromatic heterocycles. The number of hydrogen-bond acceptors (Lipinski definition) is 10. The number of hydrogen-bond donors (Lipinski definition) is 0. The Balaban J connectivity index is 1.71. The predicted octanol–water partition coefficient (Wildman–Crippen LogP) is 4.85. The first-order valence-corrected chi connectivity index (χ1v) is 13.8. The summed E-state index contributed by atoms with van der Waals surface area (Å²) in [6.45, 7) is 7.36. The maximum Gasteiger partial charge on any atom is 0.433 e. The van der Waals surface area contributed by atoms with E-state index in [9.17, 15) is 23.3 Å². The van der Waals surface area contributed by atoms with Gasteiger partial charge in [0.25, 0.3) is 5.91 Å².